The minimum atomic E-state index is 0.781. The van der Waals surface area contributed by atoms with Gasteiger partial charge in [0.1, 0.15) is 5.82 Å². The van der Waals surface area contributed by atoms with Gasteiger partial charge in [-0.05, 0) is 26.1 Å². The fourth-order valence-electron chi connectivity index (χ4n) is 1.45. The zero-order valence-corrected chi connectivity index (χ0v) is 7.78. The molecule has 0 aliphatic rings. The average Bonchev–Trinajstić information content (AvgIpc) is 2.46. The van der Waals surface area contributed by atoms with Crippen LogP contribution in [0, 0.1) is 6.92 Å². The lowest BCUT2D eigenvalue weighted by Gasteiger charge is -1.95. The van der Waals surface area contributed by atoms with Gasteiger partial charge in [-0.1, -0.05) is 0 Å². The molecule has 0 bridgehead atoms. The van der Waals surface area contributed by atoms with Crippen molar-refractivity contribution in [1.82, 2.24) is 19.9 Å². The zero-order chi connectivity index (χ0) is 9.26. The maximum atomic E-state index is 4.42. The standard InChI is InChI=1S/C9H12N4/c1-7-12-8(6-10-2)9-4-3-5-11-13(7)9/h3-5,10H,6H2,1-2H3. The van der Waals surface area contributed by atoms with Crippen LogP contribution in [0.4, 0.5) is 0 Å². The highest BCUT2D eigenvalue weighted by Crippen LogP contribution is 2.09. The van der Waals surface area contributed by atoms with Gasteiger partial charge in [-0.3, -0.25) is 0 Å². The molecule has 0 aliphatic carbocycles. The Kier molecular flexibility index (Phi) is 1.98. The van der Waals surface area contributed by atoms with Crippen molar-refractivity contribution in [1.29, 1.82) is 0 Å². The molecule has 0 atom stereocenters. The van der Waals surface area contributed by atoms with Gasteiger partial charge in [-0.25, -0.2) is 9.50 Å². The van der Waals surface area contributed by atoms with Crippen LogP contribution in [0.1, 0.15) is 11.5 Å². The second-order valence-electron chi connectivity index (χ2n) is 2.96. The molecule has 0 unspecified atom stereocenters. The topological polar surface area (TPSA) is 42.2 Å². The first-order valence-corrected chi connectivity index (χ1v) is 4.27. The number of nitrogens with one attached hydrogen (secondary N) is 1. The van der Waals surface area contributed by atoms with Crippen molar-refractivity contribution >= 4 is 5.52 Å². The number of hydrogen-bond donors (Lipinski definition) is 1. The minimum Gasteiger partial charge on any atom is -0.314 e. The number of aryl methyl sites for hydroxylation is 1. The number of imidazole rings is 1. The molecular formula is C9H12N4. The molecule has 4 heteroatoms. The Balaban J connectivity index is 2.63. The summed E-state index contributed by atoms with van der Waals surface area (Å²) < 4.78 is 1.85. The van der Waals surface area contributed by atoms with Gasteiger partial charge in [0.2, 0.25) is 0 Å². The average molecular weight is 176 g/mol. The maximum Gasteiger partial charge on any atom is 0.127 e. The Labute approximate surface area is 76.6 Å². The molecule has 4 nitrogen and oxygen atoms in total. The fourth-order valence-corrected chi connectivity index (χ4v) is 1.45. The maximum absolute atomic E-state index is 4.42. The summed E-state index contributed by atoms with van der Waals surface area (Å²) in [5.74, 6) is 0.931. The molecule has 2 aromatic heterocycles. The summed E-state index contributed by atoms with van der Waals surface area (Å²) >= 11 is 0. The SMILES string of the molecule is CNCc1nc(C)n2ncccc12. The first-order chi connectivity index (χ1) is 6.33. The third-order valence-corrected chi connectivity index (χ3v) is 1.99. The molecular weight excluding hydrogens is 164 g/mol. The van der Waals surface area contributed by atoms with E-state index >= 15 is 0 Å². The van der Waals surface area contributed by atoms with Gasteiger partial charge in [0.15, 0.2) is 0 Å². The van der Waals surface area contributed by atoms with Crippen molar-refractivity contribution in [3.8, 4) is 0 Å². The van der Waals surface area contributed by atoms with E-state index in [-0.39, 0.29) is 0 Å². The first-order valence-electron chi connectivity index (χ1n) is 4.27. The highest BCUT2D eigenvalue weighted by atomic mass is 15.3. The minimum absolute atomic E-state index is 0.781. The Morgan fingerprint density at radius 2 is 2.38 bits per heavy atom. The molecule has 0 fully saturated rings. The van der Waals surface area contributed by atoms with E-state index in [0.717, 1.165) is 23.6 Å². The van der Waals surface area contributed by atoms with Gasteiger partial charge in [-0.15, -0.1) is 0 Å². The van der Waals surface area contributed by atoms with Crippen LogP contribution < -0.4 is 5.32 Å². The summed E-state index contributed by atoms with van der Waals surface area (Å²) in [4.78, 5) is 4.42. The molecule has 0 radical (unpaired) electrons. The number of hydrogen-bond acceptors (Lipinski definition) is 3. The smallest absolute Gasteiger partial charge is 0.127 e. The highest BCUT2D eigenvalue weighted by Gasteiger charge is 2.06. The fraction of sp³-hybridized carbons (Fsp3) is 0.333. The van der Waals surface area contributed by atoms with Crippen molar-refractivity contribution in [2.24, 2.45) is 0 Å². The van der Waals surface area contributed by atoms with Gasteiger partial charge >= 0.3 is 0 Å². The second kappa shape index (κ2) is 3.14. The Morgan fingerprint density at radius 3 is 3.15 bits per heavy atom. The lowest BCUT2D eigenvalue weighted by atomic mass is 10.3. The van der Waals surface area contributed by atoms with Crippen LogP contribution >= 0.6 is 0 Å². The first kappa shape index (κ1) is 8.19. The van der Waals surface area contributed by atoms with E-state index in [2.05, 4.69) is 15.4 Å². The van der Waals surface area contributed by atoms with Crippen LogP contribution in [0.3, 0.4) is 0 Å². The van der Waals surface area contributed by atoms with E-state index in [1.807, 2.05) is 30.6 Å². The Morgan fingerprint density at radius 1 is 1.54 bits per heavy atom. The lowest BCUT2D eigenvalue weighted by molar-refractivity contribution is 0.800. The lowest BCUT2D eigenvalue weighted by Crippen LogP contribution is -2.05. The van der Waals surface area contributed by atoms with Crippen molar-refractivity contribution in [3.63, 3.8) is 0 Å². The largest absolute Gasteiger partial charge is 0.314 e. The van der Waals surface area contributed by atoms with Crippen molar-refractivity contribution in [3.05, 3.63) is 29.8 Å². The van der Waals surface area contributed by atoms with Crippen LogP contribution in [-0.2, 0) is 6.54 Å². The normalized spacial score (nSPS) is 10.9. The molecule has 2 aromatic rings. The van der Waals surface area contributed by atoms with Crippen molar-refractivity contribution in [2.75, 3.05) is 7.05 Å². The van der Waals surface area contributed by atoms with Crippen molar-refractivity contribution < 1.29 is 0 Å². The molecule has 2 rings (SSSR count). The molecule has 0 spiro atoms. The monoisotopic (exact) mass is 176 g/mol. The summed E-state index contributed by atoms with van der Waals surface area (Å²) in [6.45, 7) is 2.74. The molecule has 2 heterocycles. The Bertz CT molecular complexity index is 418. The van der Waals surface area contributed by atoms with Crippen LogP contribution in [0.25, 0.3) is 5.52 Å². The molecule has 0 saturated heterocycles. The number of fused-ring (bicyclic) bond motifs is 1. The summed E-state index contributed by atoms with van der Waals surface area (Å²) in [7, 11) is 1.91. The predicted molar refractivity (Wildman–Crippen MR) is 50.5 cm³/mol. The predicted octanol–water partition coefficient (Wildman–Crippen LogP) is 0.757. The van der Waals surface area contributed by atoms with Crippen LogP contribution in [0.15, 0.2) is 18.3 Å². The third kappa shape index (κ3) is 1.29. The van der Waals surface area contributed by atoms with E-state index in [4.69, 9.17) is 0 Å². The molecule has 68 valence electrons. The zero-order valence-electron chi connectivity index (χ0n) is 7.78. The molecule has 0 amide bonds. The van der Waals surface area contributed by atoms with Gasteiger partial charge in [0.05, 0.1) is 11.2 Å². The van der Waals surface area contributed by atoms with Crippen LogP contribution in [0.2, 0.25) is 0 Å². The molecule has 0 saturated carbocycles. The highest BCUT2D eigenvalue weighted by molar-refractivity contribution is 5.51. The molecule has 13 heavy (non-hydrogen) atoms. The van der Waals surface area contributed by atoms with Crippen LogP contribution in [0.5, 0.6) is 0 Å². The molecule has 0 aliphatic heterocycles. The molecule has 0 aromatic carbocycles. The van der Waals surface area contributed by atoms with E-state index in [9.17, 15) is 0 Å². The molecule has 1 N–H and O–H groups in total. The Hall–Kier alpha value is -1.42. The van der Waals surface area contributed by atoms with E-state index in [0.29, 0.717) is 0 Å². The number of aromatic nitrogens is 3. The van der Waals surface area contributed by atoms with Gasteiger partial charge in [-0.2, -0.15) is 5.10 Å². The van der Waals surface area contributed by atoms with Gasteiger partial charge in [0.25, 0.3) is 0 Å². The van der Waals surface area contributed by atoms with E-state index in [1.165, 1.54) is 0 Å². The van der Waals surface area contributed by atoms with E-state index in [1.54, 1.807) is 6.20 Å². The third-order valence-electron chi connectivity index (χ3n) is 1.99. The van der Waals surface area contributed by atoms with Crippen molar-refractivity contribution in [2.45, 2.75) is 13.5 Å². The second-order valence-corrected chi connectivity index (χ2v) is 2.96. The summed E-state index contributed by atoms with van der Waals surface area (Å²) in [5, 5.41) is 7.30. The van der Waals surface area contributed by atoms with Crippen LogP contribution in [-0.4, -0.2) is 21.6 Å². The number of nitrogens with zero attached hydrogens (tertiary/aromatic N) is 3. The quantitative estimate of drug-likeness (QED) is 0.734. The number of rotatable bonds is 2. The van der Waals surface area contributed by atoms with Gasteiger partial charge in [0, 0.05) is 12.7 Å². The summed E-state index contributed by atoms with van der Waals surface area (Å²) in [6, 6.07) is 3.95. The van der Waals surface area contributed by atoms with Gasteiger partial charge < -0.3 is 5.32 Å². The summed E-state index contributed by atoms with van der Waals surface area (Å²) in [6.07, 6.45) is 1.77. The summed E-state index contributed by atoms with van der Waals surface area (Å²) in [5.41, 5.74) is 2.13. The van der Waals surface area contributed by atoms with E-state index < -0.39 is 0 Å².